The normalized spacial score (nSPS) is 19.8. The number of halogens is 3. The van der Waals surface area contributed by atoms with Crippen molar-refractivity contribution < 1.29 is 31.1 Å². The van der Waals surface area contributed by atoms with Gasteiger partial charge < -0.3 is 15.0 Å². The minimum Gasteiger partial charge on any atom is -0.411 e. The van der Waals surface area contributed by atoms with Crippen LogP contribution in [0.2, 0.25) is 0 Å². The highest BCUT2D eigenvalue weighted by molar-refractivity contribution is 7.93. The van der Waals surface area contributed by atoms with Gasteiger partial charge >= 0.3 is 6.36 Å². The van der Waals surface area contributed by atoms with Crippen LogP contribution in [0.25, 0.3) is 11.2 Å². The third-order valence-corrected chi connectivity index (χ3v) is 9.14. The Kier molecular flexibility index (Phi) is 10.3. The van der Waals surface area contributed by atoms with Gasteiger partial charge in [-0.15, -0.1) is 13.2 Å². The van der Waals surface area contributed by atoms with Crippen molar-refractivity contribution in [3.05, 3.63) is 53.2 Å². The number of alkyl halides is 3. The summed E-state index contributed by atoms with van der Waals surface area (Å²) in [6, 6.07) is -1.15. The predicted octanol–water partition coefficient (Wildman–Crippen LogP) is 2.74. The molecule has 1 saturated heterocycles. The number of hydrogen-bond donors (Lipinski definition) is 1. The first kappa shape index (κ1) is 32.3. The summed E-state index contributed by atoms with van der Waals surface area (Å²) < 4.78 is 69.8. The van der Waals surface area contributed by atoms with Gasteiger partial charge in [-0.25, -0.2) is 28.4 Å². The van der Waals surface area contributed by atoms with E-state index in [9.17, 15) is 26.4 Å². The maximum atomic E-state index is 13.6. The quantitative estimate of drug-likeness (QED) is 0.239. The topological polar surface area (TPSA) is 134 Å². The molecule has 2 aromatic heterocycles. The van der Waals surface area contributed by atoms with Crippen molar-refractivity contribution >= 4 is 32.9 Å². The van der Waals surface area contributed by atoms with Crippen LogP contribution in [0.1, 0.15) is 33.6 Å². The summed E-state index contributed by atoms with van der Waals surface area (Å²) >= 11 is 0. The summed E-state index contributed by atoms with van der Waals surface area (Å²) in [7, 11) is -4.25. The van der Waals surface area contributed by atoms with Crippen molar-refractivity contribution in [1.29, 1.82) is 0 Å². The number of rotatable bonds is 10. The van der Waals surface area contributed by atoms with Gasteiger partial charge in [-0.3, -0.25) is 9.69 Å². The molecular weight excluding hydrogens is 589 g/mol. The zero-order chi connectivity index (χ0) is 31.2. The van der Waals surface area contributed by atoms with E-state index in [0.29, 0.717) is 17.0 Å². The highest BCUT2D eigenvalue weighted by Gasteiger charge is 2.40. The molecule has 16 heteroatoms. The zero-order valence-electron chi connectivity index (χ0n) is 24.2. The molecule has 0 unspecified atom stereocenters. The number of piperazine rings is 1. The molecule has 12 nitrogen and oxygen atoms in total. The van der Waals surface area contributed by atoms with E-state index in [2.05, 4.69) is 47.9 Å². The van der Waals surface area contributed by atoms with Crippen molar-refractivity contribution in [3.8, 4) is 0 Å². The largest absolute Gasteiger partial charge is 0.572 e. The molecule has 4 heterocycles. The molecule has 1 atom stereocenters. The Bertz CT molecular complexity index is 1510. The van der Waals surface area contributed by atoms with Crippen LogP contribution in [0.3, 0.4) is 0 Å². The van der Waals surface area contributed by atoms with Crippen LogP contribution in [-0.4, -0.2) is 102 Å². The van der Waals surface area contributed by atoms with E-state index in [1.165, 1.54) is 25.6 Å². The smallest absolute Gasteiger partial charge is 0.411 e. The number of sulfonamides is 1. The van der Waals surface area contributed by atoms with E-state index in [-0.39, 0.29) is 31.1 Å². The number of carbonyl (C=O) groups is 1. The molecule has 2 aromatic rings. The van der Waals surface area contributed by atoms with Crippen LogP contribution < -0.4 is 10.2 Å². The molecule has 0 spiro atoms. The highest BCUT2D eigenvalue weighted by atomic mass is 32.2. The van der Waals surface area contributed by atoms with Gasteiger partial charge in [0.1, 0.15) is 29.5 Å². The second-order valence-electron chi connectivity index (χ2n) is 10.3. The molecule has 1 N–H and O–H groups in total. The lowest BCUT2D eigenvalue weighted by Crippen LogP contribution is -2.61. The second kappa shape index (κ2) is 13.8. The minimum absolute atomic E-state index is 0.0288. The standard InChI is InChI=1S/C27H35F3N8O4S/c1-4-9-36-10-7-21(8-11-36)14-33-26(39)23-17-37(24-16-32-22-15-31-18-34-25(22)35-24)12-13-38(23)43(40,41)20(3)6-5-19(2)42-27(28,29)30/h5-7,15-16,18,23H,4,8-14,17H2,1-3H3,(H,33,39)/b19-5+,20-6+/t23-/m1/s1. The average molecular weight is 625 g/mol. The van der Waals surface area contributed by atoms with Gasteiger partial charge in [0.15, 0.2) is 5.65 Å². The van der Waals surface area contributed by atoms with E-state index in [4.69, 9.17) is 0 Å². The van der Waals surface area contributed by atoms with Gasteiger partial charge in [0.05, 0.1) is 17.3 Å². The number of amides is 1. The van der Waals surface area contributed by atoms with Crippen LogP contribution in [0.5, 0.6) is 0 Å². The third kappa shape index (κ3) is 8.48. The van der Waals surface area contributed by atoms with Gasteiger partial charge in [-0.1, -0.05) is 18.6 Å². The number of aromatic nitrogens is 4. The first-order valence-electron chi connectivity index (χ1n) is 13.9. The number of anilines is 1. The predicted molar refractivity (Wildman–Crippen MR) is 154 cm³/mol. The van der Waals surface area contributed by atoms with E-state index in [1.807, 2.05) is 0 Å². The third-order valence-electron chi connectivity index (χ3n) is 7.13. The van der Waals surface area contributed by atoms with Gasteiger partial charge in [-0.05, 0) is 45.4 Å². The number of allylic oxidation sites excluding steroid dienone is 4. The summed E-state index contributed by atoms with van der Waals surface area (Å²) in [5.74, 6) is -0.610. The maximum absolute atomic E-state index is 13.6. The number of nitrogens with zero attached hydrogens (tertiary/aromatic N) is 7. The Morgan fingerprint density at radius 3 is 2.65 bits per heavy atom. The SMILES string of the molecule is CCCN1CC=C(CNC(=O)[C@H]2CN(c3cnc4cncnc4n3)CCN2S(=O)(=O)/C(C)=C/C=C(\C)OC(F)(F)F)CC1. The monoisotopic (exact) mass is 624 g/mol. The zero-order valence-corrected chi connectivity index (χ0v) is 25.0. The fraction of sp³-hybridized carbons (Fsp3) is 0.519. The number of carbonyl (C=O) groups excluding carboxylic acids is 1. The lowest BCUT2D eigenvalue weighted by molar-refractivity contribution is -0.305. The van der Waals surface area contributed by atoms with Gasteiger partial charge in [0.25, 0.3) is 0 Å². The molecule has 0 saturated carbocycles. The molecule has 0 radical (unpaired) electrons. The fourth-order valence-corrected chi connectivity index (χ4v) is 6.29. The molecule has 4 rings (SSSR count). The Labute approximate surface area is 248 Å². The molecule has 0 aliphatic carbocycles. The van der Waals surface area contributed by atoms with Crippen LogP contribution in [0.4, 0.5) is 19.0 Å². The van der Waals surface area contributed by atoms with Crippen LogP contribution >= 0.6 is 0 Å². The lowest BCUT2D eigenvalue weighted by Gasteiger charge is -2.40. The lowest BCUT2D eigenvalue weighted by atomic mass is 10.1. The highest BCUT2D eigenvalue weighted by Crippen LogP contribution is 2.25. The van der Waals surface area contributed by atoms with Crippen molar-refractivity contribution in [1.82, 2.24) is 34.5 Å². The van der Waals surface area contributed by atoms with Crippen LogP contribution in [0, 0.1) is 0 Å². The molecule has 234 valence electrons. The molecular formula is C27H35F3N8O4S. The molecule has 0 aromatic carbocycles. The molecule has 1 fully saturated rings. The fourth-order valence-electron chi connectivity index (χ4n) is 4.86. The molecule has 1 amide bonds. The second-order valence-corrected chi connectivity index (χ2v) is 12.3. The summed E-state index contributed by atoms with van der Waals surface area (Å²) in [4.78, 5) is 34.3. The minimum atomic E-state index is -4.90. The van der Waals surface area contributed by atoms with Gasteiger partial charge in [-0.2, -0.15) is 4.31 Å². The Balaban J connectivity index is 1.56. The van der Waals surface area contributed by atoms with Crippen LogP contribution in [0.15, 0.2) is 53.2 Å². The van der Waals surface area contributed by atoms with Crippen molar-refractivity contribution in [2.45, 2.75) is 46.0 Å². The first-order chi connectivity index (χ1) is 20.4. The molecule has 0 bridgehead atoms. The van der Waals surface area contributed by atoms with Crippen molar-refractivity contribution in [2.24, 2.45) is 0 Å². The molecule has 2 aliphatic rings. The van der Waals surface area contributed by atoms with Gasteiger partial charge in [0.2, 0.25) is 15.9 Å². The molecule has 2 aliphatic heterocycles. The van der Waals surface area contributed by atoms with E-state index in [1.54, 1.807) is 4.90 Å². The number of ether oxygens (including phenoxy) is 1. The number of hydrogen-bond acceptors (Lipinski definition) is 10. The summed E-state index contributed by atoms with van der Waals surface area (Å²) in [5.41, 5.74) is 1.90. The summed E-state index contributed by atoms with van der Waals surface area (Å²) in [6.07, 6.45) is 5.35. The van der Waals surface area contributed by atoms with Crippen molar-refractivity contribution in [3.63, 3.8) is 0 Å². The van der Waals surface area contributed by atoms with E-state index >= 15 is 0 Å². The molecule has 43 heavy (non-hydrogen) atoms. The Hall–Kier alpha value is -3.63. The van der Waals surface area contributed by atoms with Crippen molar-refractivity contribution in [2.75, 3.05) is 50.7 Å². The summed E-state index contributed by atoms with van der Waals surface area (Å²) in [6.45, 7) is 7.47. The van der Waals surface area contributed by atoms with E-state index in [0.717, 1.165) is 61.4 Å². The van der Waals surface area contributed by atoms with Crippen LogP contribution in [-0.2, 0) is 19.6 Å². The first-order valence-corrected chi connectivity index (χ1v) is 15.3. The Morgan fingerprint density at radius 2 is 1.95 bits per heavy atom. The summed E-state index contributed by atoms with van der Waals surface area (Å²) in [5, 5.41) is 2.90. The van der Waals surface area contributed by atoms with Gasteiger partial charge in [0, 0.05) is 39.3 Å². The maximum Gasteiger partial charge on any atom is 0.572 e. The number of fused-ring (bicyclic) bond motifs is 1. The van der Waals surface area contributed by atoms with E-state index < -0.39 is 34.1 Å². The number of nitrogens with one attached hydrogen (secondary N) is 1. The average Bonchev–Trinajstić information content (AvgIpc) is 2.98. The Morgan fingerprint density at radius 1 is 1.16 bits per heavy atom.